The smallest absolute Gasteiger partial charge is 0.304 e. The number of nitrogens with one attached hydrogen (secondary N) is 1. The molecule has 4 N–H and O–H groups in total. The quantitative estimate of drug-likeness (QED) is 0.597. The number of amides is 1. The van der Waals surface area contributed by atoms with Crippen LogP contribution in [0.2, 0.25) is 0 Å². The highest BCUT2D eigenvalue weighted by Gasteiger charge is 2.33. The van der Waals surface area contributed by atoms with Crippen molar-refractivity contribution in [2.24, 2.45) is 0 Å². The Morgan fingerprint density at radius 1 is 1.41 bits per heavy atom. The number of nitrogens with two attached hydrogens (primary N) is 1. The topological polar surface area (TPSA) is 113 Å². The molecule has 0 atom stereocenters. The second-order valence-electron chi connectivity index (χ2n) is 3.73. The summed E-state index contributed by atoms with van der Waals surface area (Å²) in [5, 5.41) is 9.32. The van der Waals surface area contributed by atoms with Gasteiger partial charge in [0, 0.05) is 18.3 Å². The minimum Gasteiger partial charge on any atom is -0.508 e. The van der Waals surface area contributed by atoms with Gasteiger partial charge >= 0.3 is 10.2 Å². The molecule has 0 bridgehead atoms. The Hall–Kier alpha value is -1.80. The first-order valence-electron chi connectivity index (χ1n) is 4.76. The van der Waals surface area contributed by atoms with Gasteiger partial charge in [0.25, 0.3) is 0 Å². The van der Waals surface area contributed by atoms with Gasteiger partial charge in [0.2, 0.25) is 5.91 Å². The number of nitrogen functional groups attached to an aromatic ring is 1. The first-order chi connectivity index (χ1) is 7.87. The summed E-state index contributed by atoms with van der Waals surface area (Å²) in [5.74, 6) is -0.617. The average molecular weight is 257 g/mol. The van der Waals surface area contributed by atoms with E-state index in [9.17, 15) is 18.3 Å². The molecule has 8 heteroatoms. The molecule has 1 aromatic rings. The molecule has 1 amide bonds. The number of hydrogen-bond donors (Lipinski definition) is 3. The summed E-state index contributed by atoms with van der Waals surface area (Å²) in [4.78, 5) is 11.0. The van der Waals surface area contributed by atoms with Gasteiger partial charge < -0.3 is 10.8 Å². The van der Waals surface area contributed by atoms with Crippen molar-refractivity contribution in [2.75, 3.05) is 12.3 Å². The lowest BCUT2D eigenvalue weighted by Gasteiger charge is -2.12. The summed E-state index contributed by atoms with van der Waals surface area (Å²) >= 11 is 0. The van der Waals surface area contributed by atoms with Gasteiger partial charge in [0.05, 0.1) is 6.54 Å². The Labute approximate surface area is 98.0 Å². The van der Waals surface area contributed by atoms with Crippen LogP contribution in [0.4, 0.5) is 5.69 Å². The van der Waals surface area contributed by atoms with Crippen LogP contribution < -0.4 is 10.5 Å². The molecule has 0 unspecified atom stereocenters. The van der Waals surface area contributed by atoms with Crippen LogP contribution in [0.15, 0.2) is 18.2 Å². The summed E-state index contributed by atoms with van der Waals surface area (Å²) in [7, 11) is -3.75. The third-order valence-corrected chi connectivity index (χ3v) is 3.69. The minimum atomic E-state index is -3.75. The Kier molecular flexibility index (Phi) is 2.68. The lowest BCUT2D eigenvalue weighted by Crippen LogP contribution is -2.29. The number of rotatable bonds is 2. The number of benzene rings is 1. The number of hydrogen-bond acceptors (Lipinski definition) is 5. The molecule has 17 heavy (non-hydrogen) atoms. The van der Waals surface area contributed by atoms with Crippen LogP contribution in [0, 0.1) is 0 Å². The summed E-state index contributed by atoms with van der Waals surface area (Å²) < 4.78 is 25.7. The first-order valence-corrected chi connectivity index (χ1v) is 6.20. The second kappa shape index (κ2) is 3.90. The zero-order chi connectivity index (χ0) is 12.6. The fourth-order valence-electron chi connectivity index (χ4n) is 1.62. The molecule has 0 aliphatic carbocycles. The van der Waals surface area contributed by atoms with Crippen LogP contribution in [0.1, 0.15) is 5.56 Å². The van der Waals surface area contributed by atoms with Crippen molar-refractivity contribution in [1.29, 1.82) is 0 Å². The molecule has 0 spiro atoms. The standard InChI is InChI=1S/C9H11N3O4S/c10-7-1-6(2-8(13)3-7)4-12-5-9(14)11-17(12,15)16/h1-3,13H,4-5,10H2,(H,11,14). The maximum Gasteiger partial charge on any atom is 0.304 e. The van der Waals surface area contributed by atoms with Crippen molar-refractivity contribution >= 4 is 21.8 Å². The normalized spacial score (nSPS) is 19.2. The van der Waals surface area contributed by atoms with Crippen LogP contribution in [-0.4, -0.2) is 30.3 Å². The SMILES string of the molecule is Nc1cc(O)cc(CN2CC(=O)NS2(=O)=O)c1. The van der Waals surface area contributed by atoms with Crippen molar-refractivity contribution in [3.05, 3.63) is 23.8 Å². The van der Waals surface area contributed by atoms with Gasteiger partial charge in [-0.15, -0.1) is 0 Å². The summed E-state index contributed by atoms with van der Waals surface area (Å²) in [6, 6.07) is 4.29. The van der Waals surface area contributed by atoms with Gasteiger partial charge in [-0.05, 0) is 17.7 Å². The van der Waals surface area contributed by atoms with Gasteiger partial charge in [-0.2, -0.15) is 12.7 Å². The molecule has 1 fully saturated rings. The molecule has 1 aliphatic rings. The fraction of sp³-hybridized carbons (Fsp3) is 0.222. The van der Waals surface area contributed by atoms with E-state index in [0.29, 0.717) is 11.3 Å². The maximum absolute atomic E-state index is 11.4. The monoisotopic (exact) mass is 257 g/mol. The first kappa shape index (κ1) is 11.7. The third kappa shape index (κ3) is 2.48. The van der Waals surface area contributed by atoms with E-state index in [1.54, 1.807) is 0 Å². The highest BCUT2D eigenvalue weighted by atomic mass is 32.2. The Morgan fingerprint density at radius 2 is 2.12 bits per heavy atom. The van der Waals surface area contributed by atoms with Crippen LogP contribution in [0.25, 0.3) is 0 Å². The number of aromatic hydroxyl groups is 1. The van der Waals surface area contributed by atoms with E-state index in [1.807, 2.05) is 4.72 Å². The molecule has 0 radical (unpaired) electrons. The maximum atomic E-state index is 11.4. The van der Waals surface area contributed by atoms with E-state index in [1.165, 1.54) is 18.2 Å². The van der Waals surface area contributed by atoms with Crippen LogP contribution in [0.5, 0.6) is 5.75 Å². The van der Waals surface area contributed by atoms with Gasteiger partial charge in [0.1, 0.15) is 5.75 Å². The molecule has 7 nitrogen and oxygen atoms in total. The van der Waals surface area contributed by atoms with Gasteiger partial charge in [-0.1, -0.05) is 0 Å². The van der Waals surface area contributed by atoms with E-state index >= 15 is 0 Å². The van der Waals surface area contributed by atoms with Gasteiger partial charge in [0.15, 0.2) is 0 Å². The average Bonchev–Trinajstić information content (AvgIpc) is 2.37. The highest BCUT2D eigenvalue weighted by Crippen LogP contribution is 2.20. The molecule has 1 aliphatic heterocycles. The number of phenolic OH excluding ortho intramolecular Hbond substituents is 1. The van der Waals surface area contributed by atoms with Crippen molar-refractivity contribution in [1.82, 2.24) is 9.03 Å². The zero-order valence-electron chi connectivity index (χ0n) is 8.75. The molecular formula is C9H11N3O4S. The van der Waals surface area contributed by atoms with Gasteiger partial charge in [-0.3, -0.25) is 4.79 Å². The van der Waals surface area contributed by atoms with E-state index < -0.39 is 16.1 Å². The summed E-state index contributed by atoms with van der Waals surface area (Å²) in [6.07, 6.45) is 0. The Balaban J connectivity index is 2.24. The molecule has 1 aromatic carbocycles. The predicted molar refractivity (Wildman–Crippen MR) is 60.0 cm³/mol. The molecule has 92 valence electrons. The highest BCUT2D eigenvalue weighted by molar-refractivity contribution is 7.88. The minimum absolute atomic E-state index is 0.0142. The number of anilines is 1. The summed E-state index contributed by atoms with van der Waals surface area (Å²) in [5.41, 5.74) is 6.36. The van der Waals surface area contributed by atoms with Gasteiger partial charge in [-0.25, -0.2) is 4.72 Å². The molecule has 1 saturated heterocycles. The molecule has 2 rings (SSSR count). The molecular weight excluding hydrogens is 246 g/mol. The summed E-state index contributed by atoms with van der Waals surface area (Å²) in [6.45, 7) is -0.239. The van der Waals surface area contributed by atoms with E-state index in [-0.39, 0.29) is 18.8 Å². The third-order valence-electron chi connectivity index (χ3n) is 2.26. The lowest BCUT2D eigenvalue weighted by atomic mass is 10.2. The number of nitrogens with zero attached hydrogens (tertiary/aromatic N) is 1. The lowest BCUT2D eigenvalue weighted by molar-refractivity contribution is -0.118. The largest absolute Gasteiger partial charge is 0.508 e. The molecule has 1 heterocycles. The second-order valence-corrected chi connectivity index (χ2v) is 5.40. The van der Waals surface area contributed by atoms with Crippen LogP contribution >= 0.6 is 0 Å². The predicted octanol–water partition coefficient (Wildman–Crippen LogP) is -0.849. The molecule has 0 aromatic heterocycles. The Morgan fingerprint density at radius 3 is 2.65 bits per heavy atom. The van der Waals surface area contributed by atoms with Crippen molar-refractivity contribution in [2.45, 2.75) is 6.54 Å². The van der Waals surface area contributed by atoms with Crippen LogP contribution in [-0.2, 0) is 21.5 Å². The number of carbonyl (C=O) groups is 1. The molecule has 0 saturated carbocycles. The zero-order valence-corrected chi connectivity index (χ0v) is 9.57. The fourth-order valence-corrected chi connectivity index (χ4v) is 2.71. The van der Waals surface area contributed by atoms with E-state index in [4.69, 9.17) is 5.73 Å². The van der Waals surface area contributed by atoms with E-state index in [0.717, 1.165) is 4.31 Å². The Bertz CT molecular complexity index is 549. The van der Waals surface area contributed by atoms with Crippen molar-refractivity contribution < 1.29 is 18.3 Å². The van der Waals surface area contributed by atoms with Crippen LogP contribution in [0.3, 0.4) is 0 Å². The number of phenols is 1. The number of carbonyl (C=O) groups excluding carboxylic acids is 1. The van der Waals surface area contributed by atoms with E-state index in [2.05, 4.69) is 0 Å². The van der Waals surface area contributed by atoms with Crippen molar-refractivity contribution in [3.8, 4) is 5.75 Å². The van der Waals surface area contributed by atoms with Crippen molar-refractivity contribution in [3.63, 3.8) is 0 Å².